The minimum absolute atomic E-state index is 0.00868. The zero-order chi connectivity index (χ0) is 9.50. The molecule has 0 spiro atoms. The van der Waals surface area contributed by atoms with Gasteiger partial charge in [-0.3, -0.25) is 0 Å². The molecular formula is C8H19OPSe. The van der Waals surface area contributed by atoms with Gasteiger partial charge in [0.1, 0.15) is 0 Å². The van der Waals surface area contributed by atoms with Crippen molar-refractivity contribution < 1.29 is 4.89 Å². The van der Waals surface area contributed by atoms with Gasteiger partial charge in [0.2, 0.25) is 0 Å². The van der Waals surface area contributed by atoms with Crippen molar-refractivity contribution in [3.05, 3.63) is 0 Å². The quantitative estimate of drug-likeness (QED) is 0.510. The van der Waals surface area contributed by atoms with Crippen LogP contribution in [0, 0.1) is 0 Å². The zero-order valence-corrected chi connectivity index (χ0v) is 10.9. The molecule has 0 unspecified atom stereocenters. The molecule has 0 aromatic rings. The summed E-state index contributed by atoms with van der Waals surface area (Å²) in [4.78, 5) is 10.2. The number of hydrogen-bond acceptors (Lipinski definition) is 1. The first-order valence-corrected chi connectivity index (χ1v) is 7.79. The monoisotopic (exact) mass is 242 g/mol. The summed E-state index contributed by atoms with van der Waals surface area (Å²) < 4.78 is 0. The van der Waals surface area contributed by atoms with Gasteiger partial charge < -0.3 is 0 Å². The molecule has 11 heavy (non-hydrogen) atoms. The van der Waals surface area contributed by atoms with Gasteiger partial charge in [0.15, 0.2) is 0 Å². The normalized spacial score (nSPS) is 15.2. The third kappa shape index (κ3) is 2.42. The second kappa shape index (κ2) is 3.00. The molecule has 0 atom stereocenters. The van der Waals surface area contributed by atoms with Crippen LogP contribution >= 0.6 is 5.74 Å². The van der Waals surface area contributed by atoms with Crippen LogP contribution in [0.5, 0.6) is 0 Å². The molecule has 0 saturated carbocycles. The molecule has 0 radical (unpaired) electrons. The summed E-state index contributed by atoms with van der Waals surface area (Å²) in [6.45, 7) is 12.5. The van der Waals surface area contributed by atoms with Crippen molar-refractivity contribution in [2.45, 2.75) is 51.9 Å². The third-order valence-corrected chi connectivity index (χ3v) is 12.4. The van der Waals surface area contributed by atoms with E-state index in [2.05, 4.69) is 56.6 Å². The fraction of sp³-hybridized carbons (Fsp3) is 1.00. The average molecular weight is 241 g/mol. The summed E-state index contributed by atoms with van der Waals surface area (Å²) in [5.74, 6) is 0. The van der Waals surface area contributed by atoms with E-state index in [-0.39, 0.29) is 10.3 Å². The number of rotatable bonds is 0. The first-order valence-electron chi connectivity index (χ1n) is 3.83. The molecule has 0 aliphatic carbocycles. The zero-order valence-electron chi connectivity index (χ0n) is 8.30. The number of hydrogen-bond donors (Lipinski definition) is 1. The van der Waals surface area contributed by atoms with Gasteiger partial charge in [-0.25, -0.2) is 0 Å². The van der Waals surface area contributed by atoms with Crippen molar-refractivity contribution in [1.82, 2.24) is 0 Å². The van der Waals surface area contributed by atoms with Crippen LogP contribution in [0.2, 0.25) is 0 Å². The Bertz CT molecular complexity index is 167. The van der Waals surface area contributed by atoms with Crippen LogP contribution in [-0.2, 0) is 0 Å². The van der Waals surface area contributed by atoms with Gasteiger partial charge in [0.25, 0.3) is 0 Å². The van der Waals surface area contributed by atoms with Crippen molar-refractivity contribution in [3.63, 3.8) is 0 Å². The van der Waals surface area contributed by atoms with E-state index in [0.29, 0.717) is 0 Å². The first-order chi connectivity index (χ1) is 4.50. The second-order valence-corrected chi connectivity index (χ2v) is 12.1. The Morgan fingerprint density at radius 2 is 1.09 bits per heavy atom. The van der Waals surface area contributed by atoms with E-state index in [0.717, 1.165) is 0 Å². The van der Waals surface area contributed by atoms with Crippen molar-refractivity contribution in [2.24, 2.45) is 0 Å². The summed E-state index contributed by atoms with van der Waals surface area (Å²) in [5.41, 5.74) is -1.94. The van der Waals surface area contributed by atoms with Crippen LogP contribution in [0.4, 0.5) is 0 Å². The van der Waals surface area contributed by atoms with Gasteiger partial charge in [-0.1, -0.05) is 0 Å². The van der Waals surface area contributed by atoms with Crippen molar-refractivity contribution >= 4 is 20.8 Å². The van der Waals surface area contributed by atoms with Gasteiger partial charge in [0.05, 0.1) is 0 Å². The first kappa shape index (κ1) is 11.9. The third-order valence-electron chi connectivity index (χ3n) is 1.82. The molecule has 68 valence electrons. The standard InChI is InChI=1S/C8H19OPSe/c1-7(2,3)10(9,11)8(4,5)6/h1-6H3,(H,9,11). The van der Waals surface area contributed by atoms with E-state index in [9.17, 15) is 4.89 Å². The molecule has 0 aromatic carbocycles. The molecule has 0 aliphatic rings. The molecule has 0 aliphatic heterocycles. The average Bonchev–Trinajstić information content (AvgIpc) is 1.58. The van der Waals surface area contributed by atoms with Crippen LogP contribution in [0.15, 0.2) is 0 Å². The van der Waals surface area contributed by atoms with Gasteiger partial charge in [-0.2, -0.15) is 0 Å². The van der Waals surface area contributed by atoms with Crippen LogP contribution < -0.4 is 0 Å². The Labute approximate surface area is 77.9 Å². The molecule has 3 heteroatoms. The predicted molar refractivity (Wildman–Crippen MR) is 54.4 cm³/mol. The van der Waals surface area contributed by atoms with Gasteiger partial charge in [-0.05, 0) is 0 Å². The minimum atomic E-state index is -1.94. The Hall–Kier alpha value is 0.909. The maximum atomic E-state index is 10.2. The summed E-state index contributed by atoms with van der Waals surface area (Å²) in [6.07, 6.45) is 0. The van der Waals surface area contributed by atoms with Gasteiger partial charge in [-0.15, -0.1) is 0 Å². The van der Waals surface area contributed by atoms with E-state index in [1.54, 1.807) is 0 Å². The SMILES string of the molecule is CC(C)(C)P(O)(=[Se])C(C)(C)C. The molecule has 0 aromatic heterocycles. The van der Waals surface area contributed by atoms with Crippen molar-refractivity contribution in [3.8, 4) is 0 Å². The molecule has 0 fully saturated rings. The Kier molecular flexibility index (Phi) is 3.24. The summed E-state index contributed by atoms with van der Waals surface area (Å²) in [5, 5.41) is -0.0174. The molecule has 0 amide bonds. The summed E-state index contributed by atoms with van der Waals surface area (Å²) in [6, 6.07) is 0. The van der Waals surface area contributed by atoms with E-state index >= 15 is 0 Å². The van der Waals surface area contributed by atoms with E-state index in [4.69, 9.17) is 0 Å². The molecular weight excluding hydrogens is 222 g/mol. The van der Waals surface area contributed by atoms with Crippen molar-refractivity contribution in [2.75, 3.05) is 0 Å². The fourth-order valence-electron chi connectivity index (χ4n) is 1.01. The van der Waals surface area contributed by atoms with Crippen LogP contribution in [0.1, 0.15) is 41.5 Å². The van der Waals surface area contributed by atoms with Crippen LogP contribution in [0.3, 0.4) is 0 Å². The van der Waals surface area contributed by atoms with Crippen LogP contribution in [0.25, 0.3) is 0 Å². The molecule has 0 bridgehead atoms. The molecule has 1 nitrogen and oxygen atoms in total. The Balaban J connectivity index is 4.92. The molecule has 0 rings (SSSR count). The molecule has 0 saturated heterocycles. The van der Waals surface area contributed by atoms with E-state index in [1.165, 1.54) is 0 Å². The topological polar surface area (TPSA) is 20.2 Å². The Morgan fingerprint density at radius 3 is 1.09 bits per heavy atom. The predicted octanol–water partition coefficient (Wildman–Crippen LogP) is 2.59. The van der Waals surface area contributed by atoms with E-state index < -0.39 is 5.74 Å². The summed E-state index contributed by atoms with van der Waals surface area (Å²) >= 11 is 3.00. The fourth-order valence-corrected chi connectivity index (χ4v) is 3.02. The Morgan fingerprint density at radius 1 is 0.909 bits per heavy atom. The molecule has 0 heterocycles. The van der Waals surface area contributed by atoms with Crippen molar-refractivity contribution in [1.29, 1.82) is 0 Å². The second-order valence-electron chi connectivity index (χ2n) is 4.92. The van der Waals surface area contributed by atoms with Crippen LogP contribution in [-0.4, -0.2) is 30.3 Å². The summed E-state index contributed by atoms with van der Waals surface area (Å²) in [7, 11) is 0. The van der Waals surface area contributed by atoms with Gasteiger partial charge in [0, 0.05) is 0 Å². The molecule has 1 N–H and O–H groups in total. The van der Waals surface area contributed by atoms with Gasteiger partial charge >= 0.3 is 77.6 Å². The van der Waals surface area contributed by atoms with E-state index in [1.807, 2.05) is 0 Å². The maximum absolute atomic E-state index is 10.2.